The monoisotopic (exact) mass is 328 g/mol. The summed E-state index contributed by atoms with van der Waals surface area (Å²) in [4.78, 5) is 16.9. The molecule has 1 N–H and O–H groups in total. The molecule has 0 saturated heterocycles. The number of pyridine rings is 1. The van der Waals surface area contributed by atoms with Crippen LogP contribution in [0.15, 0.2) is 79.1 Å². The molecule has 0 saturated carbocycles. The Hall–Kier alpha value is -3.47. The van der Waals surface area contributed by atoms with Crippen LogP contribution in [0.4, 0.5) is 5.82 Å². The van der Waals surface area contributed by atoms with Crippen LogP contribution in [-0.2, 0) is 6.54 Å². The largest absolute Gasteiger partial charge is 0.305 e. The Morgan fingerprint density at radius 1 is 0.960 bits per heavy atom. The van der Waals surface area contributed by atoms with Gasteiger partial charge in [-0.3, -0.25) is 14.5 Å². The lowest BCUT2D eigenvalue weighted by Gasteiger charge is -2.06. The van der Waals surface area contributed by atoms with Crippen LogP contribution in [-0.4, -0.2) is 20.7 Å². The summed E-state index contributed by atoms with van der Waals surface area (Å²) in [5, 5.41) is 9.23. The molecule has 0 unspecified atom stereocenters. The summed E-state index contributed by atoms with van der Waals surface area (Å²) in [6, 6.07) is 21.1. The van der Waals surface area contributed by atoms with E-state index < -0.39 is 0 Å². The van der Waals surface area contributed by atoms with Gasteiger partial charge in [-0.25, -0.2) is 0 Å². The number of aromatic nitrogens is 3. The van der Waals surface area contributed by atoms with E-state index in [1.165, 1.54) is 0 Å². The van der Waals surface area contributed by atoms with Crippen LogP contribution in [0.1, 0.15) is 16.1 Å². The number of carbonyl (C=O) groups excluding carboxylic acids is 1. The fraction of sp³-hybridized carbons (Fsp3) is 0.0500. The number of rotatable bonds is 4. The van der Waals surface area contributed by atoms with Crippen LogP contribution >= 0.6 is 0 Å². The number of benzene rings is 2. The standard InChI is InChI=1S/C20H16N4O/c25-20(18-10-5-7-15-6-1-2-9-17(15)18)22-19-11-13-24(23-19)14-16-8-3-4-12-21-16/h1-13H,14H2,(H,22,23,25). The van der Waals surface area contributed by atoms with Crippen molar-refractivity contribution in [3.63, 3.8) is 0 Å². The number of nitrogens with zero attached hydrogens (tertiary/aromatic N) is 3. The maximum Gasteiger partial charge on any atom is 0.257 e. The minimum atomic E-state index is -0.167. The molecule has 0 radical (unpaired) electrons. The third-order valence-electron chi connectivity index (χ3n) is 3.97. The van der Waals surface area contributed by atoms with Crippen molar-refractivity contribution in [2.24, 2.45) is 0 Å². The Labute approximate surface area is 144 Å². The zero-order valence-electron chi connectivity index (χ0n) is 13.5. The van der Waals surface area contributed by atoms with Crippen molar-refractivity contribution in [2.45, 2.75) is 6.54 Å². The van der Waals surface area contributed by atoms with Gasteiger partial charge < -0.3 is 5.32 Å². The number of anilines is 1. The van der Waals surface area contributed by atoms with Gasteiger partial charge in [0.1, 0.15) is 0 Å². The number of hydrogen-bond donors (Lipinski definition) is 1. The average Bonchev–Trinajstić information content (AvgIpc) is 3.09. The Morgan fingerprint density at radius 3 is 2.68 bits per heavy atom. The molecule has 2 heterocycles. The molecular formula is C20H16N4O. The fourth-order valence-corrected chi connectivity index (χ4v) is 2.78. The Bertz CT molecular complexity index is 1020. The Kier molecular flexibility index (Phi) is 3.96. The smallest absolute Gasteiger partial charge is 0.257 e. The first kappa shape index (κ1) is 15.1. The van der Waals surface area contributed by atoms with Crippen LogP contribution in [0, 0.1) is 0 Å². The topological polar surface area (TPSA) is 59.8 Å². The summed E-state index contributed by atoms with van der Waals surface area (Å²) in [5.41, 5.74) is 1.55. The van der Waals surface area contributed by atoms with Crippen LogP contribution in [0.2, 0.25) is 0 Å². The van der Waals surface area contributed by atoms with Crippen LogP contribution in [0.3, 0.4) is 0 Å². The zero-order chi connectivity index (χ0) is 17.1. The highest BCUT2D eigenvalue weighted by atomic mass is 16.1. The summed E-state index contributed by atoms with van der Waals surface area (Å²) >= 11 is 0. The molecule has 122 valence electrons. The van der Waals surface area contributed by atoms with Gasteiger partial charge in [-0.15, -0.1) is 0 Å². The van der Waals surface area contributed by atoms with Crippen molar-refractivity contribution in [3.8, 4) is 0 Å². The molecule has 0 aliphatic carbocycles. The maximum atomic E-state index is 12.6. The lowest BCUT2D eigenvalue weighted by molar-refractivity contribution is 0.102. The molecule has 1 amide bonds. The van der Waals surface area contributed by atoms with Gasteiger partial charge in [0.25, 0.3) is 5.91 Å². The average molecular weight is 328 g/mol. The van der Waals surface area contributed by atoms with E-state index in [1.807, 2.05) is 66.9 Å². The van der Waals surface area contributed by atoms with Gasteiger partial charge in [-0.05, 0) is 29.0 Å². The van der Waals surface area contributed by atoms with E-state index in [-0.39, 0.29) is 5.91 Å². The summed E-state index contributed by atoms with van der Waals surface area (Å²) < 4.78 is 1.75. The molecule has 0 spiro atoms. The highest BCUT2D eigenvalue weighted by molar-refractivity contribution is 6.12. The summed E-state index contributed by atoms with van der Waals surface area (Å²) in [7, 11) is 0. The first-order valence-corrected chi connectivity index (χ1v) is 8.02. The molecule has 0 atom stereocenters. The van der Waals surface area contributed by atoms with Crippen LogP contribution in [0.25, 0.3) is 10.8 Å². The van der Waals surface area contributed by atoms with Gasteiger partial charge in [-0.2, -0.15) is 5.10 Å². The van der Waals surface area contributed by atoms with Gasteiger partial charge in [0.2, 0.25) is 0 Å². The first-order valence-electron chi connectivity index (χ1n) is 8.02. The Balaban J connectivity index is 1.53. The van der Waals surface area contributed by atoms with Crippen molar-refractivity contribution >= 4 is 22.5 Å². The van der Waals surface area contributed by atoms with E-state index in [0.717, 1.165) is 16.5 Å². The van der Waals surface area contributed by atoms with E-state index >= 15 is 0 Å². The third-order valence-corrected chi connectivity index (χ3v) is 3.97. The second-order valence-corrected chi connectivity index (χ2v) is 5.70. The molecule has 2 aromatic heterocycles. The van der Waals surface area contributed by atoms with E-state index in [9.17, 15) is 4.79 Å². The van der Waals surface area contributed by atoms with Gasteiger partial charge in [-0.1, -0.05) is 42.5 Å². The third kappa shape index (κ3) is 3.26. The molecule has 2 aromatic carbocycles. The van der Waals surface area contributed by atoms with Crippen molar-refractivity contribution in [3.05, 3.63) is 90.4 Å². The molecule has 25 heavy (non-hydrogen) atoms. The molecule has 0 fully saturated rings. The summed E-state index contributed by atoms with van der Waals surface area (Å²) in [6.45, 7) is 0.560. The lowest BCUT2D eigenvalue weighted by Crippen LogP contribution is -2.13. The molecule has 0 bridgehead atoms. The molecular weight excluding hydrogens is 312 g/mol. The maximum absolute atomic E-state index is 12.6. The highest BCUT2D eigenvalue weighted by Gasteiger charge is 2.11. The van der Waals surface area contributed by atoms with Gasteiger partial charge in [0, 0.05) is 24.0 Å². The second kappa shape index (κ2) is 6.57. The number of amides is 1. The van der Waals surface area contributed by atoms with Crippen molar-refractivity contribution in [1.29, 1.82) is 0 Å². The second-order valence-electron chi connectivity index (χ2n) is 5.70. The van der Waals surface area contributed by atoms with Crippen molar-refractivity contribution < 1.29 is 4.79 Å². The van der Waals surface area contributed by atoms with Crippen molar-refractivity contribution in [1.82, 2.24) is 14.8 Å². The van der Waals surface area contributed by atoms with Gasteiger partial charge >= 0.3 is 0 Å². The number of carbonyl (C=O) groups is 1. The Morgan fingerprint density at radius 2 is 1.80 bits per heavy atom. The molecule has 4 rings (SSSR count). The highest BCUT2D eigenvalue weighted by Crippen LogP contribution is 2.19. The minimum absolute atomic E-state index is 0.167. The number of nitrogens with one attached hydrogen (secondary N) is 1. The lowest BCUT2D eigenvalue weighted by atomic mass is 10.0. The first-order chi connectivity index (χ1) is 12.3. The van der Waals surface area contributed by atoms with Crippen molar-refractivity contribution in [2.75, 3.05) is 5.32 Å². The zero-order valence-corrected chi connectivity index (χ0v) is 13.5. The molecule has 0 aliphatic heterocycles. The summed E-state index contributed by atoms with van der Waals surface area (Å²) in [5.74, 6) is 0.355. The van der Waals surface area contributed by atoms with E-state index in [4.69, 9.17) is 0 Å². The normalized spacial score (nSPS) is 10.7. The summed E-state index contributed by atoms with van der Waals surface area (Å²) in [6.07, 6.45) is 3.58. The SMILES string of the molecule is O=C(Nc1ccn(Cc2ccccn2)n1)c1cccc2ccccc12. The van der Waals surface area contributed by atoms with Gasteiger partial charge in [0.05, 0.1) is 12.2 Å². The van der Waals surface area contributed by atoms with Crippen LogP contribution in [0.5, 0.6) is 0 Å². The molecule has 5 heteroatoms. The minimum Gasteiger partial charge on any atom is -0.305 e. The molecule has 5 nitrogen and oxygen atoms in total. The quantitative estimate of drug-likeness (QED) is 0.621. The van der Waals surface area contributed by atoms with E-state index in [1.54, 1.807) is 16.9 Å². The molecule has 4 aromatic rings. The number of fused-ring (bicyclic) bond motifs is 1. The number of hydrogen-bond acceptors (Lipinski definition) is 3. The molecule has 0 aliphatic rings. The predicted octanol–water partition coefficient (Wildman–Crippen LogP) is 3.73. The predicted molar refractivity (Wildman–Crippen MR) is 97.5 cm³/mol. The fourth-order valence-electron chi connectivity index (χ4n) is 2.78. The van der Waals surface area contributed by atoms with E-state index in [0.29, 0.717) is 17.9 Å². The van der Waals surface area contributed by atoms with E-state index in [2.05, 4.69) is 15.4 Å². The van der Waals surface area contributed by atoms with Gasteiger partial charge in [0.15, 0.2) is 5.82 Å². The van der Waals surface area contributed by atoms with Crippen LogP contribution < -0.4 is 5.32 Å².